The summed E-state index contributed by atoms with van der Waals surface area (Å²) in [4.78, 5) is 19.1. The topological polar surface area (TPSA) is 126 Å². The molecule has 1 aromatic rings. The van der Waals surface area contributed by atoms with Gasteiger partial charge in [0.2, 0.25) is 5.89 Å². The molecule has 0 radical (unpaired) electrons. The molecule has 0 aromatic carbocycles. The lowest BCUT2D eigenvalue weighted by Crippen LogP contribution is -2.58. The molecular formula is C14H22N4O6S. The van der Waals surface area contributed by atoms with Crippen LogP contribution in [0.5, 0.6) is 0 Å². The van der Waals surface area contributed by atoms with E-state index in [1.807, 2.05) is 9.80 Å². The van der Waals surface area contributed by atoms with Crippen LogP contribution in [0.2, 0.25) is 0 Å². The van der Waals surface area contributed by atoms with Gasteiger partial charge >= 0.3 is 5.97 Å². The van der Waals surface area contributed by atoms with Crippen molar-refractivity contribution in [3.63, 3.8) is 0 Å². The van der Waals surface area contributed by atoms with Crippen LogP contribution in [-0.2, 0) is 32.5 Å². The molecule has 11 heteroatoms. The Morgan fingerprint density at radius 2 is 2.00 bits per heavy atom. The molecule has 25 heavy (non-hydrogen) atoms. The lowest BCUT2D eigenvalue weighted by Gasteiger charge is -2.43. The van der Waals surface area contributed by atoms with E-state index in [1.165, 1.54) is 0 Å². The molecule has 0 amide bonds. The molecule has 3 rings (SSSR count). The minimum atomic E-state index is -3.15. The van der Waals surface area contributed by atoms with E-state index in [2.05, 4.69) is 10.1 Å². The largest absolute Gasteiger partial charge is 0.481 e. The number of aliphatic carboxylic acids is 1. The van der Waals surface area contributed by atoms with Gasteiger partial charge in [0.25, 0.3) is 0 Å². The number of fused-ring (bicyclic) bond motifs is 1. The molecular weight excluding hydrogens is 352 g/mol. The van der Waals surface area contributed by atoms with Crippen molar-refractivity contribution in [1.82, 2.24) is 19.9 Å². The van der Waals surface area contributed by atoms with Gasteiger partial charge in [-0.15, -0.1) is 0 Å². The van der Waals surface area contributed by atoms with Gasteiger partial charge in [0.1, 0.15) is 6.61 Å². The number of sulfone groups is 1. The number of carbonyl (C=O) groups is 1. The minimum Gasteiger partial charge on any atom is -0.481 e. The number of rotatable bonds is 7. The van der Waals surface area contributed by atoms with Gasteiger partial charge in [-0.2, -0.15) is 4.98 Å². The Kier molecular flexibility index (Phi) is 5.37. The van der Waals surface area contributed by atoms with Gasteiger partial charge in [0.05, 0.1) is 24.5 Å². The molecule has 2 fully saturated rings. The zero-order valence-corrected chi connectivity index (χ0v) is 14.8. The van der Waals surface area contributed by atoms with Crippen molar-refractivity contribution in [2.75, 3.05) is 38.2 Å². The van der Waals surface area contributed by atoms with Crippen molar-refractivity contribution in [2.24, 2.45) is 0 Å². The molecule has 0 spiro atoms. The zero-order valence-electron chi connectivity index (χ0n) is 14.0. The zero-order chi connectivity index (χ0) is 18.0. The molecule has 2 aliphatic rings. The number of ether oxygens (including phenoxy) is 1. The summed E-state index contributed by atoms with van der Waals surface area (Å²) in [5.74, 6) is 0.131. The predicted molar refractivity (Wildman–Crippen MR) is 85.5 cm³/mol. The van der Waals surface area contributed by atoms with E-state index in [1.54, 1.807) is 7.11 Å². The Hall–Kier alpha value is -1.56. The van der Waals surface area contributed by atoms with Crippen molar-refractivity contribution < 1.29 is 27.6 Å². The molecule has 0 bridgehead atoms. The first-order chi connectivity index (χ1) is 11.9. The van der Waals surface area contributed by atoms with E-state index in [0.29, 0.717) is 37.9 Å². The molecule has 2 atom stereocenters. The minimum absolute atomic E-state index is 0.00725. The lowest BCUT2D eigenvalue weighted by atomic mass is 10.0. The van der Waals surface area contributed by atoms with Gasteiger partial charge < -0.3 is 14.4 Å². The average Bonchev–Trinajstić information content (AvgIpc) is 3.10. The lowest BCUT2D eigenvalue weighted by molar-refractivity contribution is -0.137. The van der Waals surface area contributed by atoms with Crippen molar-refractivity contribution in [3.8, 4) is 0 Å². The molecule has 0 unspecified atom stereocenters. The number of aromatic nitrogens is 2. The van der Waals surface area contributed by atoms with E-state index < -0.39 is 15.8 Å². The average molecular weight is 374 g/mol. The highest BCUT2D eigenvalue weighted by Crippen LogP contribution is 2.28. The summed E-state index contributed by atoms with van der Waals surface area (Å²) in [6, 6.07) is -0.384. The van der Waals surface area contributed by atoms with E-state index in [4.69, 9.17) is 14.4 Å². The third-order valence-electron chi connectivity index (χ3n) is 4.64. The molecule has 2 saturated heterocycles. The van der Waals surface area contributed by atoms with Gasteiger partial charge in [-0.05, 0) is 0 Å². The van der Waals surface area contributed by atoms with E-state index in [-0.39, 0.29) is 36.6 Å². The summed E-state index contributed by atoms with van der Waals surface area (Å²) in [6.45, 7) is 2.23. The molecule has 0 aliphatic carbocycles. The van der Waals surface area contributed by atoms with Crippen LogP contribution in [0.3, 0.4) is 0 Å². The molecule has 1 N–H and O–H groups in total. The number of hydrogen-bond acceptors (Lipinski definition) is 9. The first-order valence-electron chi connectivity index (χ1n) is 8.08. The van der Waals surface area contributed by atoms with Crippen molar-refractivity contribution in [2.45, 2.75) is 31.7 Å². The summed E-state index contributed by atoms with van der Waals surface area (Å²) in [7, 11) is -1.60. The fourth-order valence-corrected chi connectivity index (χ4v) is 5.57. The Balaban J connectivity index is 1.70. The molecule has 140 valence electrons. The van der Waals surface area contributed by atoms with Crippen LogP contribution in [0, 0.1) is 0 Å². The quantitative estimate of drug-likeness (QED) is 0.633. The highest BCUT2D eigenvalue weighted by Gasteiger charge is 2.46. The first-order valence-corrected chi connectivity index (χ1v) is 9.91. The molecule has 0 saturated carbocycles. The summed E-state index contributed by atoms with van der Waals surface area (Å²) in [5, 5.41) is 12.7. The van der Waals surface area contributed by atoms with Crippen LogP contribution >= 0.6 is 0 Å². The van der Waals surface area contributed by atoms with Crippen LogP contribution in [0.1, 0.15) is 18.1 Å². The SMILES string of the molecule is COCc1noc(CN2CCN(CCC(=O)O)[C@@H]3CS(=O)(=O)C[C@@H]32)n1. The number of nitrogens with zero attached hydrogens (tertiary/aromatic N) is 4. The maximum absolute atomic E-state index is 12.1. The third kappa shape index (κ3) is 4.35. The first kappa shape index (κ1) is 18.2. The van der Waals surface area contributed by atoms with E-state index in [0.717, 1.165) is 0 Å². The number of methoxy groups -OCH3 is 1. The van der Waals surface area contributed by atoms with E-state index >= 15 is 0 Å². The van der Waals surface area contributed by atoms with Gasteiger partial charge in [0.15, 0.2) is 15.7 Å². The van der Waals surface area contributed by atoms with Gasteiger partial charge in [-0.3, -0.25) is 14.6 Å². The highest BCUT2D eigenvalue weighted by molar-refractivity contribution is 7.91. The number of carboxylic acid groups (broad SMARTS) is 1. The smallest absolute Gasteiger partial charge is 0.304 e. The highest BCUT2D eigenvalue weighted by atomic mass is 32.2. The van der Waals surface area contributed by atoms with Crippen LogP contribution in [-0.4, -0.2) is 89.8 Å². The second-order valence-electron chi connectivity index (χ2n) is 6.40. The molecule has 3 heterocycles. The monoisotopic (exact) mass is 374 g/mol. The third-order valence-corrected chi connectivity index (χ3v) is 6.34. The summed E-state index contributed by atoms with van der Waals surface area (Å²) < 4.78 is 34.4. The Morgan fingerprint density at radius 3 is 2.68 bits per heavy atom. The Labute approximate surface area is 145 Å². The Morgan fingerprint density at radius 1 is 1.32 bits per heavy atom. The number of piperazine rings is 1. The standard InChI is InChI=1S/C14H22N4O6S/c1-23-7-12-15-13(24-16-12)6-18-5-4-17(3-2-14(19)20)10-8-25(21,22)9-11(10)18/h10-11H,2-9H2,1H3,(H,19,20)/t10-,11+/m1/s1. The summed E-state index contributed by atoms with van der Waals surface area (Å²) >= 11 is 0. The Bertz CT molecular complexity index is 721. The fourth-order valence-electron chi connectivity index (χ4n) is 3.53. The second kappa shape index (κ2) is 7.36. The van der Waals surface area contributed by atoms with Crippen molar-refractivity contribution in [3.05, 3.63) is 11.7 Å². The summed E-state index contributed by atoms with van der Waals surface area (Å²) in [5.41, 5.74) is 0. The van der Waals surface area contributed by atoms with Crippen molar-refractivity contribution >= 4 is 15.8 Å². The molecule has 1 aromatic heterocycles. The van der Waals surface area contributed by atoms with Crippen LogP contribution < -0.4 is 0 Å². The van der Waals surface area contributed by atoms with Gasteiger partial charge in [-0.1, -0.05) is 5.16 Å². The van der Waals surface area contributed by atoms with Crippen LogP contribution in [0.4, 0.5) is 0 Å². The molecule has 10 nitrogen and oxygen atoms in total. The fraction of sp³-hybridized carbons (Fsp3) is 0.786. The molecule has 2 aliphatic heterocycles. The van der Waals surface area contributed by atoms with Crippen LogP contribution in [0.15, 0.2) is 4.52 Å². The van der Waals surface area contributed by atoms with Crippen molar-refractivity contribution in [1.29, 1.82) is 0 Å². The van der Waals surface area contributed by atoms with Crippen LogP contribution in [0.25, 0.3) is 0 Å². The summed E-state index contributed by atoms with van der Waals surface area (Å²) in [6.07, 6.45) is 0.00725. The van der Waals surface area contributed by atoms with Gasteiger partial charge in [0, 0.05) is 38.8 Å². The number of carboxylic acids is 1. The van der Waals surface area contributed by atoms with Gasteiger partial charge in [-0.25, -0.2) is 8.42 Å². The predicted octanol–water partition coefficient (Wildman–Crippen LogP) is -1.03. The second-order valence-corrected chi connectivity index (χ2v) is 8.55. The number of hydrogen-bond donors (Lipinski definition) is 1. The maximum atomic E-state index is 12.1. The normalized spacial score (nSPS) is 26.6. The maximum Gasteiger partial charge on any atom is 0.304 e. The van der Waals surface area contributed by atoms with E-state index in [9.17, 15) is 13.2 Å².